The van der Waals surface area contributed by atoms with Crippen LogP contribution < -0.4 is 4.90 Å². The molecule has 24 heavy (non-hydrogen) atoms. The van der Waals surface area contributed by atoms with E-state index in [2.05, 4.69) is 0 Å². The van der Waals surface area contributed by atoms with Crippen LogP contribution in [0.25, 0.3) is 0 Å². The number of amides is 1. The summed E-state index contributed by atoms with van der Waals surface area (Å²) in [6.45, 7) is 9.34. The molecule has 1 heterocycles. The van der Waals surface area contributed by atoms with Crippen molar-refractivity contribution in [1.82, 2.24) is 0 Å². The van der Waals surface area contributed by atoms with Gasteiger partial charge in [0.05, 0.1) is 24.3 Å². The Bertz CT molecular complexity index is 638. The number of anilines is 1. The van der Waals surface area contributed by atoms with Crippen molar-refractivity contribution in [3.63, 3.8) is 0 Å². The summed E-state index contributed by atoms with van der Waals surface area (Å²) in [7, 11) is 0. The molecule has 1 aromatic carbocycles. The molecule has 6 heteroatoms. The Morgan fingerprint density at radius 2 is 2.00 bits per heavy atom. The summed E-state index contributed by atoms with van der Waals surface area (Å²) in [5, 5.41) is 0.565. The first-order valence-electron chi connectivity index (χ1n) is 8.11. The number of esters is 1. The van der Waals surface area contributed by atoms with E-state index in [0.29, 0.717) is 18.1 Å². The van der Waals surface area contributed by atoms with Crippen molar-refractivity contribution in [3.05, 3.63) is 28.8 Å². The minimum atomic E-state index is -0.625. The van der Waals surface area contributed by atoms with E-state index in [0.717, 1.165) is 11.3 Å². The van der Waals surface area contributed by atoms with E-state index >= 15 is 0 Å². The van der Waals surface area contributed by atoms with Crippen molar-refractivity contribution in [2.45, 2.75) is 52.7 Å². The lowest BCUT2D eigenvalue weighted by Crippen LogP contribution is -2.51. The van der Waals surface area contributed by atoms with Crippen molar-refractivity contribution in [1.29, 1.82) is 0 Å². The molecular formula is C18H24ClNO4. The fourth-order valence-electron chi connectivity index (χ4n) is 2.86. The molecule has 0 saturated carbocycles. The van der Waals surface area contributed by atoms with E-state index in [4.69, 9.17) is 21.1 Å². The molecule has 1 amide bonds. The zero-order valence-corrected chi connectivity index (χ0v) is 15.5. The van der Waals surface area contributed by atoms with Crippen molar-refractivity contribution >= 4 is 29.4 Å². The van der Waals surface area contributed by atoms with Crippen molar-refractivity contribution in [2.75, 3.05) is 11.5 Å². The first-order chi connectivity index (χ1) is 11.1. The largest absolute Gasteiger partial charge is 0.466 e. The van der Waals surface area contributed by atoms with Crippen LogP contribution in [0, 0.1) is 5.92 Å². The molecule has 0 N–H and O–H groups in total. The van der Waals surface area contributed by atoms with Crippen LogP contribution in [0.15, 0.2) is 18.2 Å². The van der Waals surface area contributed by atoms with Gasteiger partial charge < -0.3 is 9.47 Å². The number of benzene rings is 1. The fraction of sp³-hybridized carbons (Fsp3) is 0.556. The Kier molecular flexibility index (Phi) is 5.43. The van der Waals surface area contributed by atoms with E-state index in [1.54, 1.807) is 25.1 Å². The quantitative estimate of drug-likeness (QED) is 0.747. The van der Waals surface area contributed by atoms with Gasteiger partial charge in [0.1, 0.15) is 5.60 Å². The van der Waals surface area contributed by atoms with Crippen LogP contribution in [0.1, 0.15) is 40.2 Å². The number of ether oxygens (including phenoxy) is 2. The second kappa shape index (κ2) is 7.01. The van der Waals surface area contributed by atoms with Gasteiger partial charge in [-0.3, -0.25) is 9.69 Å². The SMILES string of the molecule is CCOC(=O)[C@H]1Cc2cc(Cl)ccc2N(C(=O)OC(C)(C)C)[C@H]1C. The van der Waals surface area contributed by atoms with E-state index in [1.807, 2.05) is 27.7 Å². The molecule has 0 aromatic heterocycles. The Morgan fingerprint density at radius 3 is 2.58 bits per heavy atom. The second-order valence-electron chi connectivity index (χ2n) is 6.93. The molecule has 1 aliphatic heterocycles. The number of fused-ring (bicyclic) bond motifs is 1. The average molecular weight is 354 g/mol. The number of carbonyl (C=O) groups excluding carboxylic acids is 2. The van der Waals surface area contributed by atoms with Crippen molar-refractivity contribution < 1.29 is 19.1 Å². The summed E-state index contributed by atoms with van der Waals surface area (Å²) < 4.78 is 10.7. The lowest BCUT2D eigenvalue weighted by Gasteiger charge is -2.40. The highest BCUT2D eigenvalue weighted by molar-refractivity contribution is 6.30. The third-order valence-electron chi connectivity index (χ3n) is 3.91. The average Bonchev–Trinajstić information content (AvgIpc) is 2.45. The van der Waals surface area contributed by atoms with Crippen molar-refractivity contribution in [3.8, 4) is 0 Å². The van der Waals surface area contributed by atoms with Gasteiger partial charge in [-0.05, 0) is 64.8 Å². The summed E-state index contributed by atoms with van der Waals surface area (Å²) in [4.78, 5) is 26.6. The maximum Gasteiger partial charge on any atom is 0.415 e. The first kappa shape index (κ1) is 18.6. The Balaban J connectivity index is 2.43. The molecule has 5 nitrogen and oxygen atoms in total. The molecular weight excluding hydrogens is 330 g/mol. The Hall–Kier alpha value is -1.75. The third-order valence-corrected chi connectivity index (χ3v) is 4.15. The van der Waals surface area contributed by atoms with Crippen LogP contribution in [-0.4, -0.2) is 30.3 Å². The zero-order valence-electron chi connectivity index (χ0n) is 14.8. The number of carbonyl (C=O) groups is 2. The number of rotatable bonds is 2. The molecule has 0 unspecified atom stereocenters. The van der Waals surface area contributed by atoms with Gasteiger partial charge in [-0.25, -0.2) is 4.79 Å². The summed E-state index contributed by atoms with van der Waals surface area (Å²) in [6.07, 6.45) is 0.00224. The molecule has 0 aliphatic carbocycles. The first-order valence-corrected chi connectivity index (χ1v) is 8.49. The number of nitrogens with zero attached hydrogens (tertiary/aromatic N) is 1. The molecule has 0 radical (unpaired) electrons. The molecule has 0 saturated heterocycles. The van der Waals surface area contributed by atoms with Gasteiger partial charge in [0.25, 0.3) is 0 Å². The number of hydrogen-bond acceptors (Lipinski definition) is 4. The highest BCUT2D eigenvalue weighted by atomic mass is 35.5. The highest BCUT2D eigenvalue weighted by Gasteiger charge is 2.41. The molecule has 0 bridgehead atoms. The molecule has 0 spiro atoms. The molecule has 0 fully saturated rings. The standard InChI is InChI=1S/C18H24ClNO4/c1-6-23-16(21)14-10-12-9-13(19)7-8-15(12)20(11(14)2)17(22)24-18(3,4)5/h7-9,11,14H,6,10H2,1-5H3/t11-,14-/m0/s1. The zero-order chi connectivity index (χ0) is 18.1. The summed E-state index contributed by atoms with van der Waals surface area (Å²) in [6, 6.07) is 4.94. The van der Waals surface area contributed by atoms with Gasteiger partial charge in [0, 0.05) is 5.02 Å². The van der Waals surface area contributed by atoms with Crippen LogP contribution in [0.2, 0.25) is 5.02 Å². The van der Waals surface area contributed by atoms with E-state index in [-0.39, 0.29) is 12.0 Å². The van der Waals surface area contributed by atoms with Crippen LogP contribution >= 0.6 is 11.6 Å². The Labute approximate surface area is 147 Å². The smallest absolute Gasteiger partial charge is 0.415 e. The van der Waals surface area contributed by atoms with Crippen LogP contribution in [0.4, 0.5) is 10.5 Å². The van der Waals surface area contributed by atoms with Gasteiger partial charge in [0.15, 0.2) is 0 Å². The predicted octanol–water partition coefficient (Wildman–Crippen LogP) is 4.21. The summed E-state index contributed by atoms with van der Waals surface area (Å²) in [5.41, 5.74) is 0.937. The minimum Gasteiger partial charge on any atom is -0.466 e. The molecule has 2 rings (SSSR count). The fourth-order valence-corrected chi connectivity index (χ4v) is 3.06. The minimum absolute atomic E-state index is 0.302. The van der Waals surface area contributed by atoms with E-state index in [9.17, 15) is 9.59 Å². The molecule has 1 aliphatic rings. The molecule has 2 atom stereocenters. The van der Waals surface area contributed by atoms with Crippen LogP contribution in [-0.2, 0) is 20.7 Å². The van der Waals surface area contributed by atoms with E-state index in [1.165, 1.54) is 4.90 Å². The number of hydrogen-bond donors (Lipinski definition) is 0. The van der Waals surface area contributed by atoms with Gasteiger partial charge in [-0.1, -0.05) is 11.6 Å². The number of halogens is 1. The van der Waals surface area contributed by atoms with Gasteiger partial charge in [-0.2, -0.15) is 0 Å². The lowest BCUT2D eigenvalue weighted by molar-refractivity contribution is -0.148. The monoisotopic (exact) mass is 353 g/mol. The second-order valence-corrected chi connectivity index (χ2v) is 7.36. The third kappa shape index (κ3) is 4.01. The maximum absolute atomic E-state index is 12.7. The van der Waals surface area contributed by atoms with E-state index < -0.39 is 17.6 Å². The van der Waals surface area contributed by atoms with Crippen molar-refractivity contribution in [2.24, 2.45) is 5.92 Å². The summed E-state index contributed by atoms with van der Waals surface area (Å²) >= 11 is 6.08. The lowest BCUT2D eigenvalue weighted by atomic mass is 9.86. The predicted molar refractivity (Wildman–Crippen MR) is 93.5 cm³/mol. The van der Waals surface area contributed by atoms with Gasteiger partial charge >= 0.3 is 12.1 Å². The Morgan fingerprint density at radius 1 is 1.33 bits per heavy atom. The van der Waals surface area contributed by atoms with Crippen LogP contribution in [0.3, 0.4) is 0 Å². The summed E-state index contributed by atoms with van der Waals surface area (Å²) in [5.74, 6) is -0.771. The normalized spacial score (nSPS) is 20.3. The maximum atomic E-state index is 12.7. The molecule has 1 aromatic rings. The molecule has 132 valence electrons. The van der Waals surface area contributed by atoms with Crippen LogP contribution in [0.5, 0.6) is 0 Å². The highest BCUT2D eigenvalue weighted by Crippen LogP contribution is 2.37. The van der Waals surface area contributed by atoms with Gasteiger partial charge in [0.2, 0.25) is 0 Å². The topological polar surface area (TPSA) is 55.8 Å². The van der Waals surface area contributed by atoms with Gasteiger partial charge in [-0.15, -0.1) is 0 Å².